The molecule has 2 N–H and O–H groups in total. The molecule has 0 radical (unpaired) electrons. The number of anilines is 2. The minimum Gasteiger partial charge on any atom is -0.326 e. The summed E-state index contributed by atoms with van der Waals surface area (Å²) in [6.45, 7) is 5.67. The summed E-state index contributed by atoms with van der Waals surface area (Å²) in [5, 5.41) is 2.82. The maximum Gasteiger partial charge on any atom is 0.262 e. The van der Waals surface area contributed by atoms with E-state index in [1.165, 1.54) is 6.07 Å². The van der Waals surface area contributed by atoms with E-state index < -0.39 is 10.0 Å². The maximum atomic E-state index is 12.7. The first kappa shape index (κ1) is 17.5. The molecule has 1 amide bonds. The number of aryl methyl sites for hydroxylation is 2. The van der Waals surface area contributed by atoms with E-state index in [4.69, 9.17) is 0 Å². The third kappa shape index (κ3) is 4.02. The third-order valence-electron chi connectivity index (χ3n) is 4.46. The highest BCUT2D eigenvalue weighted by molar-refractivity contribution is 7.92. The summed E-state index contributed by atoms with van der Waals surface area (Å²) in [6, 6.07) is 12.1. The van der Waals surface area contributed by atoms with Gasteiger partial charge in [-0.1, -0.05) is 25.1 Å². The Bertz CT molecular complexity index is 922. The Hall–Kier alpha value is -2.34. The molecule has 1 aliphatic carbocycles. The summed E-state index contributed by atoms with van der Waals surface area (Å²) in [5.41, 5.74) is 2.61. The lowest BCUT2D eigenvalue weighted by molar-refractivity contribution is -0.117. The topological polar surface area (TPSA) is 75.3 Å². The fraction of sp³-hybridized carbons (Fsp3) is 0.316. The van der Waals surface area contributed by atoms with Crippen molar-refractivity contribution in [3.8, 4) is 0 Å². The van der Waals surface area contributed by atoms with Gasteiger partial charge < -0.3 is 5.32 Å². The average Bonchev–Trinajstić information content (AvgIpc) is 3.25. The van der Waals surface area contributed by atoms with E-state index in [-0.39, 0.29) is 16.7 Å². The highest BCUT2D eigenvalue weighted by Crippen LogP contribution is 2.38. The van der Waals surface area contributed by atoms with Crippen LogP contribution in [0.25, 0.3) is 0 Å². The number of rotatable bonds is 5. The smallest absolute Gasteiger partial charge is 0.262 e. The maximum absolute atomic E-state index is 12.7. The highest BCUT2D eigenvalue weighted by atomic mass is 32.2. The number of benzene rings is 2. The Morgan fingerprint density at radius 3 is 2.44 bits per heavy atom. The van der Waals surface area contributed by atoms with Gasteiger partial charge in [0.15, 0.2) is 0 Å². The Labute approximate surface area is 148 Å². The predicted octanol–water partition coefficient (Wildman–Crippen LogP) is 3.70. The van der Waals surface area contributed by atoms with Crippen molar-refractivity contribution >= 4 is 27.3 Å². The van der Waals surface area contributed by atoms with Crippen molar-refractivity contribution in [3.63, 3.8) is 0 Å². The van der Waals surface area contributed by atoms with Crippen molar-refractivity contribution in [2.24, 2.45) is 11.8 Å². The van der Waals surface area contributed by atoms with E-state index in [0.29, 0.717) is 22.9 Å². The van der Waals surface area contributed by atoms with Crippen molar-refractivity contribution in [1.82, 2.24) is 0 Å². The van der Waals surface area contributed by atoms with Crippen LogP contribution in [0.15, 0.2) is 47.4 Å². The molecular formula is C19H22N2O3S. The molecule has 0 aliphatic heterocycles. The lowest BCUT2D eigenvalue weighted by Crippen LogP contribution is -2.17. The van der Waals surface area contributed by atoms with Crippen LogP contribution in [0.2, 0.25) is 0 Å². The number of carbonyl (C=O) groups excluding carboxylic acids is 1. The summed E-state index contributed by atoms with van der Waals surface area (Å²) in [7, 11) is -3.74. The van der Waals surface area contributed by atoms with Gasteiger partial charge in [0.05, 0.1) is 4.90 Å². The average molecular weight is 358 g/mol. The van der Waals surface area contributed by atoms with Crippen molar-refractivity contribution in [2.45, 2.75) is 32.1 Å². The second-order valence-corrected chi connectivity index (χ2v) is 8.41. The summed E-state index contributed by atoms with van der Waals surface area (Å²) in [6.07, 6.45) is 0.887. The molecule has 1 fully saturated rings. The number of sulfonamides is 1. The van der Waals surface area contributed by atoms with Gasteiger partial charge in [0.25, 0.3) is 10.0 Å². The summed E-state index contributed by atoms with van der Waals surface area (Å²) >= 11 is 0. The van der Waals surface area contributed by atoms with Crippen LogP contribution >= 0.6 is 0 Å². The second-order valence-electron chi connectivity index (χ2n) is 6.76. The molecular weight excluding hydrogens is 336 g/mol. The van der Waals surface area contributed by atoms with Crippen molar-refractivity contribution < 1.29 is 13.2 Å². The van der Waals surface area contributed by atoms with Gasteiger partial charge in [-0.05, 0) is 61.6 Å². The summed E-state index contributed by atoms with van der Waals surface area (Å²) in [4.78, 5) is 12.2. The second kappa shape index (κ2) is 6.52. The van der Waals surface area contributed by atoms with Crippen molar-refractivity contribution in [1.29, 1.82) is 0 Å². The number of carbonyl (C=O) groups is 1. The molecule has 2 aromatic rings. The van der Waals surface area contributed by atoms with E-state index in [2.05, 4.69) is 10.0 Å². The summed E-state index contributed by atoms with van der Waals surface area (Å²) in [5.74, 6) is 0.384. The van der Waals surface area contributed by atoms with Crippen LogP contribution in [-0.2, 0) is 14.8 Å². The predicted molar refractivity (Wildman–Crippen MR) is 99.1 cm³/mol. The van der Waals surface area contributed by atoms with Gasteiger partial charge in [-0.25, -0.2) is 8.42 Å². The Kier molecular flexibility index (Phi) is 4.56. The Balaban J connectivity index is 1.84. The van der Waals surface area contributed by atoms with Gasteiger partial charge in [-0.15, -0.1) is 0 Å². The molecule has 2 unspecified atom stereocenters. The highest BCUT2D eigenvalue weighted by Gasteiger charge is 2.39. The van der Waals surface area contributed by atoms with E-state index in [9.17, 15) is 13.2 Å². The van der Waals surface area contributed by atoms with Crippen LogP contribution in [0, 0.1) is 25.7 Å². The third-order valence-corrected chi connectivity index (χ3v) is 5.99. The molecule has 0 spiro atoms. The zero-order chi connectivity index (χ0) is 18.2. The van der Waals surface area contributed by atoms with Crippen LogP contribution < -0.4 is 10.0 Å². The zero-order valence-corrected chi connectivity index (χ0v) is 15.4. The molecule has 2 atom stereocenters. The molecule has 6 heteroatoms. The standard InChI is InChI=1S/C19H22N2O3S/c1-12-5-4-6-16(9-12)21-25(23,24)18-11-15(8-7-13(18)2)20-19(22)17-10-14(17)3/h4-9,11,14,17,21H,10H2,1-3H3,(H,20,22). The molecule has 0 aromatic heterocycles. The number of hydrogen-bond donors (Lipinski definition) is 2. The molecule has 0 heterocycles. The zero-order valence-electron chi connectivity index (χ0n) is 14.5. The minimum atomic E-state index is -3.74. The SMILES string of the molecule is Cc1cccc(NS(=O)(=O)c2cc(NC(=O)C3CC3C)ccc2C)c1. The van der Waals surface area contributed by atoms with Gasteiger partial charge in [-0.2, -0.15) is 0 Å². The van der Waals surface area contributed by atoms with E-state index in [0.717, 1.165) is 12.0 Å². The summed E-state index contributed by atoms with van der Waals surface area (Å²) < 4.78 is 28.1. The van der Waals surface area contributed by atoms with E-state index in [1.807, 2.05) is 19.9 Å². The molecule has 5 nitrogen and oxygen atoms in total. The van der Waals surface area contributed by atoms with Crippen molar-refractivity contribution in [2.75, 3.05) is 10.0 Å². The lowest BCUT2D eigenvalue weighted by Gasteiger charge is -2.13. The number of nitrogens with one attached hydrogen (secondary N) is 2. The molecule has 132 valence electrons. The molecule has 0 bridgehead atoms. The Morgan fingerprint density at radius 2 is 1.80 bits per heavy atom. The molecule has 1 aliphatic rings. The van der Waals surface area contributed by atoms with Crippen LogP contribution in [0.3, 0.4) is 0 Å². The molecule has 0 saturated heterocycles. The van der Waals surface area contributed by atoms with Gasteiger partial charge in [0.2, 0.25) is 5.91 Å². The normalized spacial score (nSPS) is 19.3. The van der Waals surface area contributed by atoms with Gasteiger partial charge in [-0.3, -0.25) is 9.52 Å². The van der Waals surface area contributed by atoms with Crippen LogP contribution in [0.5, 0.6) is 0 Å². The number of amides is 1. The lowest BCUT2D eigenvalue weighted by atomic mass is 10.2. The van der Waals surface area contributed by atoms with Crippen LogP contribution in [-0.4, -0.2) is 14.3 Å². The van der Waals surface area contributed by atoms with Crippen LogP contribution in [0.1, 0.15) is 24.5 Å². The van der Waals surface area contributed by atoms with Crippen molar-refractivity contribution in [3.05, 3.63) is 53.6 Å². The van der Waals surface area contributed by atoms with E-state index >= 15 is 0 Å². The van der Waals surface area contributed by atoms with Gasteiger partial charge in [0.1, 0.15) is 0 Å². The monoisotopic (exact) mass is 358 g/mol. The van der Waals surface area contributed by atoms with Gasteiger partial charge >= 0.3 is 0 Å². The Morgan fingerprint density at radius 1 is 1.08 bits per heavy atom. The first-order valence-electron chi connectivity index (χ1n) is 8.27. The fourth-order valence-corrected chi connectivity index (χ4v) is 4.13. The minimum absolute atomic E-state index is 0.0341. The quantitative estimate of drug-likeness (QED) is 0.856. The largest absolute Gasteiger partial charge is 0.326 e. The molecule has 2 aromatic carbocycles. The first-order valence-corrected chi connectivity index (χ1v) is 9.75. The first-order chi connectivity index (χ1) is 11.8. The molecule has 25 heavy (non-hydrogen) atoms. The molecule has 1 saturated carbocycles. The van der Waals surface area contributed by atoms with Gasteiger partial charge in [0, 0.05) is 17.3 Å². The van der Waals surface area contributed by atoms with Crippen LogP contribution in [0.4, 0.5) is 11.4 Å². The number of hydrogen-bond acceptors (Lipinski definition) is 3. The van der Waals surface area contributed by atoms with E-state index in [1.54, 1.807) is 37.3 Å². The fourth-order valence-electron chi connectivity index (χ4n) is 2.81. The molecule has 3 rings (SSSR count).